The first-order chi connectivity index (χ1) is 18.2. The molecule has 6 aliphatic rings. The van der Waals surface area contributed by atoms with Crippen LogP contribution in [0.4, 0.5) is 0 Å². The van der Waals surface area contributed by atoms with Crippen LogP contribution in [0, 0.1) is 62.1 Å². The SMILES string of the molecule is C[C@@H]1C(=O)C(C#N)=C[C@]2(C)C3=CC(=O)[C@@H]4[C-]5CC(C)(C)CC[C@]5(CN5CCCC5=O)CC[C@@]4(C)[C@]3(C)CCC12.[Li+]. The second kappa shape index (κ2) is 9.44. The molecule has 7 atom stereocenters. The van der Waals surface area contributed by atoms with Crippen molar-refractivity contribution < 1.29 is 33.2 Å². The summed E-state index contributed by atoms with van der Waals surface area (Å²) in [4.78, 5) is 42.3. The predicted octanol–water partition coefficient (Wildman–Crippen LogP) is 3.40. The molecule has 1 saturated heterocycles. The zero-order valence-corrected chi connectivity index (χ0v) is 25.8. The normalized spacial score (nSPS) is 44.3. The molecule has 0 aromatic rings. The Bertz CT molecular complexity index is 1260. The van der Waals surface area contributed by atoms with Gasteiger partial charge in [-0.2, -0.15) is 11.7 Å². The second-order valence-corrected chi connectivity index (χ2v) is 15.5. The van der Waals surface area contributed by atoms with Crippen molar-refractivity contribution in [1.29, 1.82) is 5.26 Å². The van der Waals surface area contributed by atoms with E-state index in [0.29, 0.717) is 6.42 Å². The van der Waals surface area contributed by atoms with Gasteiger partial charge in [-0.1, -0.05) is 90.2 Å². The molecular formula is C34H45LiN2O3. The van der Waals surface area contributed by atoms with Gasteiger partial charge in [0.05, 0.1) is 5.57 Å². The minimum absolute atomic E-state index is 0. The van der Waals surface area contributed by atoms with Crippen LogP contribution in [0.15, 0.2) is 23.3 Å². The summed E-state index contributed by atoms with van der Waals surface area (Å²) in [7, 11) is 0. The quantitative estimate of drug-likeness (QED) is 0.400. The molecule has 1 heterocycles. The van der Waals surface area contributed by atoms with Crippen LogP contribution in [0.2, 0.25) is 0 Å². The Labute approximate surface area is 252 Å². The molecule has 0 spiro atoms. The van der Waals surface area contributed by atoms with Gasteiger partial charge in [0.15, 0.2) is 5.78 Å². The van der Waals surface area contributed by atoms with Gasteiger partial charge in [-0.3, -0.25) is 20.3 Å². The van der Waals surface area contributed by atoms with E-state index in [1.165, 1.54) is 5.92 Å². The van der Waals surface area contributed by atoms with Crippen LogP contribution in [0.1, 0.15) is 99.3 Å². The van der Waals surface area contributed by atoms with E-state index in [-0.39, 0.29) is 81.3 Å². The van der Waals surface area contributed by atoms with Crippen molar-refractivity contribution in [2.75, 3.05) is 13.1 Å². The molecule has 40 heavy (non-hydrogen) atoms. The number of carbonyl (C=O) groups excluding carboxylic acids is 3. The third kappa shape index (κ3) is 3.88. The zero-order chi connectivity index (χ0) is 28.2. The second-order valence-electron chi connectivity index (χ2n) is 15.5. The molecule has 1 unspecified atom stereocenters. The van der Waals surface area contributed by atoms with Crippen molar-refractivity contribution in [2.45, 2.75) is 99.3 Å². The molecule has 5 aliphatic carbocycles. The van der Waals surface area contributed by atoms with Crippen molar-refractivity contribution >= 4 is 17.5 Å². The maximum absolute atomic E-state index is 14.5. The first-order valence-electron chi connectivity index (χ1n) is 15.3. The standard InChI is InChI=1S/C34H45N2O3.Li/c1-21-23-9-10-32(5)26(31(23,4)17-22(19-35)29(21)39)16-25(37)28-24-18-30(2,3)11-13-34(24,14-12-33(28,32)6)20-36-15-7-8-27(36)38;/h16-17,21,23,28H,7-15,18,20H2,1-6H3;/q-1;+1/t21-,23?,28-,31-,32+,33+,34+;/m0./s1. The maximum atomic E-state index is 14.5. The molecule has 0 aromatic carbocycles. The van der Waals surface area contributed by atoms with Crippen LogP contribution in [-0.4, -0.2) is 35.5 Å². The summed E-state index contributed by atoms with van der Waals surface area (Å²) in [5, 5.41) is 9.82. The Morgan fingerprint density at radius 1 is 1.05 bits per heavy atom. The van der Waals surface area contributed by atoms with E-state index >= 15 is 0 Å². The third-order valence-electron chi connectivity index (χ3n) is 13.0. The van der Waals surface area contributed by atoms with Gasteiger partial charge in [0, 0.05) is 24.3 Å². The molecule has 5 nitrogen and oxygen atoms in total. The Balaban J connectivity index is 0.00000323. The fourth-order valence-electron chi connectivity index (χ4n) is 10.5. The number of ketones is 2. The fourth-order valence-corrected chi connectivity index (χ4v) is 10.5. The summed E-state index contributed by atoms with van der Waals surface area (Å²) in [6.07, 6.45) is 12.5. The Morgan fingerprint density at radius 3 is 2.40 bits per heavy atom. The van der Waals surface area contributed by atoms with Crippen LogP contribution >= 0.6 is 0 Å². The Morgan fingerprint density at radius 2 is 1.75 bits per heavy atom. The number of nitriles is 1. The number of rotatable bonds is 2. The number of fused-ring (bicyclic) bond motifs is 7. The van der Waals surface area contributed by atoms with E-state index in [1.54, 1.807) is 0 Å². The van der Waals surface area contributed by atoms with E-state index in [9.17, 15) is 19.6 Å². The molecule has 1 amide bonds. The number of hydrogen-bond donors (Lipinski definition) is 0. The van der Waals surface area contributed by atoms with E-state index < -0.39 is 5.41 Å². The van der Waals surface area contributed by atoms with Crippen LogP contribution in [-0.2, 0) is 14.4 Å². The number of carbonyl (C=O) groups is 3. The van der Waals surface area contributed by atoms with Gasteiger partial charge in [0.1, 0.15) is 11.9 Å². The maximum Gasteiger partial charge on any atom is 1.00 e. The molecule has 6 rings (SSSR count). The van der Waals surface area contributed by atoms with Gasteiger partial charge in [-0.15, -0.1) is 5.41 Å². The summed E-state index contributed by atoms with van der Waals surface area (Å²) in [6.45, 7) is 15.2. The van der Waals surface area contributed by atoms with Crippen LogP contribution in [0.3, 0.4) is 0 Å². The molecule has 1 aliphatic heterocycles. The Kier molecular flexibility index (Phi) is 7.05. The summed E-state index contributed by atoms with van der Waals surface area (Å²) >= 11 is 0. The zero-order valence-electron chi connectivity index (χ0n) is 25.8. The van der Waals surface area contributed by atoms with Crippen molar-refractivity contribution in [3.05, 3.63) is 29.2 Å². The molecular weight excluding hydrogens is 491 g/mol. The number of likely N-dealkylation sites (tertiary alicyclic amines) is 1. The number of nitrogens with zero attached hydrogens (tertiary/aromatic N) is 2. The minimum Gasteiger partial charge on any atom is -0.345 e. The Hall–Kier alpha value is -1.62. The van der Waals surface area contributed by atoms with E-state index in [0.717, 1.165) is 70.0 Å². The van der Waals surface area contributed by atoms with Crippen molar-refractivity contribution in [3.8, 4) is 6.07 Å². The summed E-state index contributed by atoms with van der Waals surface area (Å²) in [5.74, 6) is 1.62. The molecule has 6 heteroatoms. The van der Waals surface area contributed by atoms with Gasteiger partial charge in [0.2, 0.25) is 5.91 Å². The summed E-state index contributed by atoms with van der Waals surface area (Å²) < 4.78 is 0. The van der Waals surface area contributed by atoms with Crippen LogP contribution in [0.5, 0.6) is 0 Å². The number of hydrogen-bond acceptors (Lipinski definition) is 4. The third-order valence-corrected chi connectivity index (χ3v) is 13.0. The van der Waals surface area contributed by atoms with Gasteiger partial charge in [-0.25, -0.2) is 0 Å². The number of allylic oxidation sites excluding steroid dienone is 4. The average Bonchev–Trinajstić information content (AvgIpc) is 3.27. The summed E-state index contributed by atoms with van der Waals surface area (Å²) in [5.41, 5.74) is 0.588. The van der Waals surface area contributed by atoms with E-state index in [1.807, 2.05) is 19.1 Å². The molecule has 0 radical (unpaired) electrons. The molecule has 0 N–H and O–H groups in total. The van der Waals surface area contributed by atoms with Gasteiger partial charge in [-0.05, 0) is 48.6 Å². The van der Waals surface area contributed by atoms with Crippen LogP contribution < -0.4 is 18.9 Å². The van der Waals surface area contributed by atoms with Crippen molar-refractivity contribution in [3.63, 3.8) is 0 Å². The van der Waals surface area contributed by atoms with Gasteiger partial charge in [0.25, 0.3) is 0 Å². The van der Waals surface area contributed by atoms with Crippen LogP contribution in [0.25, 0.3) is 0 Å². The molecule has 0 aromatic heterocycles. The minimum atomic E-state index is -0.470. The fraction of sp³-hybridized carbons (Fsp3) is 0.735. The predicted molar refractivity (Wildman–Crippen MR) is 150 cm³/mol. The summed E-state index contributed by atoms with van der Waals surface area (Å²) in [6, 6.07) is 2.18. The average molecular weight is 537 g/mol. The molecule has 0 bridgehead atoms. The smallest absolute Gasteiger partial charge is 0.345 e. The first kappa shape index (κ1) is 29.9. The topological polar surface area (TPSA) is 78.2 Å². The van der Waals surface area contributed by atoms with Gasteiger partial charge < -0.3 is 4.90 Å². The van der Waals surface area contributed by atoms with E-state index in [4.69, 9.17) is 0 Å². The monoisotopic (exact) mass is 536 g/mol. The molecule has 4 fully saturated rings. The molecule has 210 valence electrons. The number of Topliss-reactive ketones (excluding diaryl/α,β-unsaturated/α-hetero) is 1. The first-order valence-corrected chi connectivity index (χ1v) is 15.3. The van der Waals surface area contributed by atoms with E-state index in [2.05, 4.69) is 45.6 Å². The van der Waals surface area contributed by atoms with Gasteiger partial charge >= 0.3 is 18.9 Å². The van der Waals surface area contributed by atoms with Crippen molar-refractivity contribution in [1.82, 2.24) is 4.90 Å². The number of amides is 1. The van der Waals surface area contributed by atoms with Crippen molar-refractivity contribution in [2.24, 2.45) is 44.8 Å². The largest absolute Gasteiger partial charge is 1.00 e. The molecule has 3 saturated carbocycles.